The monoisotopic (exact) mass is 336 g/mol. The first-order valence-electron chi connectivity index (χ1n) is 7.61. The van der Waals surface area contributed by atoms with Gasteiger partial charge in [-0.25, -0.2) is 4.79 Å². The summed E-state index contributed by atoms with van der Waals surface area (Å²) < 4.78 is 15.4. The van der Waals surface area contributed by atoms with E-state index in [1.54, 1.807) is 30.3 Å². The molecule has 2 N–H and O–H groups in total. The standard InChI is InChI=1S/C18H24O6/c1-3-12-24-17(20)6-4-5-16(22-2)18(21)14-7-9-15(10-8-14)23-13-11-19/h3-4,6-10,16,18-19,21H,1,5,11-13H2,2H3/b6-4+/t16-,18-/m0/s1. The van der Waals surface area contributed by atoms with Gasteiger partial charge in [0.1, 0.15) is 25.1 Å². The fourth-order valence-electron chi connectivity index (χ4n) is 1.98. The van der Waals surface area contributed by atoms with Crippen LogP contribution in [-0.2, 0) is 14.3 Å². The average molecular weight is 336 g/mol. The number of carbonyl (C=O) groups is 1. The molecule has 24 heavy (non-hydrogen) atoms. The van der Waals surface area contributed by atoms with Crippen LogP contribution in [0.5, 0.6) is 5.75 Å². The third-order valence-corrected chi connectivity index (χ3v) is 3.20. The predicted octanol–water partition coefficient (Wildman–Crippen LogP) is 1.78. The molecule has 132 valence electrons. The molecule has 0 fully saturated rings. The number of benzene rings is 1. The summed E-state index contributed by atoms with van der Waals surface area (Å²) in [5, 5.41) is 19.1. The molecule has 0 spiro atoms. The van der Waals surface area contributed by atoms with Crippen molar-refractivity contribution in [1.82, 2.24) is 0 Å². The Kier molecular flexibility index (Phi) is 9.45. The molecule has 0 saturated heterocycles. The number of rotatable bonds is 11. The van der Waals surface area contributed by atoms with E-state index in [1.807, 2.05) is 0 Å². The Morgan fingerprint density at radius 3 is 2.62 bits per heavy atom. The van der Waals surface area contributed by atoms with Crippen molar-refractivity contribution in [3.05, 3.63) is 54.6 Å². The minimum absolute atomic E-state index is 0.0578. The van der Waals surface area contributed by atoms with E-state index >= 15 is 0 Å². The third-order valence-electron chi connectivity index (χ3n) is 3.20. The molecule has 1 aromatic carbocycles. The van der Waals surface area contributed by atoms with Crippen LogP contribution in [0.1, 0.15) is 18.1 Å². The lowest BCUT2D eigenvalue weighted by Crippen LogP contribution is -2.20. The Morgan fingerprint density at radius 2 is 2.04 bits per heavy atom. The highest BCUT2D eigenvalue weighted by atomic mass is 16.5. The van der Waals surface area contributed by atoms with Crippen LogP contribution in [0, 0.1) is 0 Å². The van der Waals surface area contributed by atoms with Crippen molar-refractivity contribution < 1.29 is 29.2 Å². The first kappa shape index (κ1) is 19.9. The molecule has 1 aromatic rings. The molecule has 0 heterocycles. The first-order valence-corrected chi connectivity index (χ1v) is 7.61. The zero-order valence-corrected chi connectivity index (χ0v) is 13.8. The van der Waals surface area contributed by atoms with Gasteiger partial charge in [-0.2, -0.15) is 0 Å². The van der Waals surface area contributed by atoms with Gasteiger partial charge in [-0.3, -0.25) is 0 Å². The zero-order chi connectivity index (χ0) is 17.8. The number of esters is 1. The van der Waals surface area contributed by atoms with Crippen LogP contribution in [0.3, 0.4) is 0 Å². The Balaban J connectivity index is 2.58. The molecule has 0 aliphatic heterocycles. The SMILES string of the molecule is C=CCOC(=O)/C=C/C[C@H](OC)[C@@H](O)c1ccc(OCCO)cc1. The van der Waals surface area contributed by atoms with Gasteiger partial charge in [0.15, 0.2) is 0 Å². The highest BCUT2D eigenvalue weighted by molar-refractivity contribution is 5.81. The fourth-order valence-corrected chi connectivity index (χ4v) is 1.98. The second-order valence-corrected chi connectivity index (χ2v) is 4.92. The summed E-state index contributed by atoms with van der Waals surface area (Å²) in [6.45, 7) is 3.77. The van der Waals surface area contributed by atoms with Crippen molar-refractivity contribution >= 4 is 5.97 Å². The van der Waals surface area contributed by atoms with Gasteiger partial charge in [-0.05, 0) is 24.1 Å². The van der Waals surface area contributed by atoms with Gasteiger partial charge in [0.05, 0.1) is 12.7 Å². The van der Waals surface area contributed by atoms with Gasteiger partial charge in [0.25, 0.3) is 0 Å². The number of aliphatic hydroxyl groups excluding tert-OH is 2. The number of hydrogen-bond donors (Lipinski definition) is 2. The normalized spacial score (nSPS) is 13.5. The van der Waals surface area contributed by atoms with Gasteiger partial charge in [0, 0.05) is 13.2 Å². The van der Waals surface area contributed by atoms with E-state index in [1.165, 1.54) is 19.3 Å². The van der Waals surface area contributed by atoms with Crippen LogP contribution < -0.4 is 4.74 Å². The summed E-state index contributed by atoms with van der Waals surface area (Å²) >= 11 is 0. The van der Waals surface area contributed by atoms with Gasteiger partial charge in [-0.15, -0.1) is 0 Å². The minimum atomic E-state index is -0.851. The summed E-state index contributed by atoms with van der Waals surface area (Å²) in [7, 11) is 1.50. The minimum Gasteiger partial charge on any atom is -0.491 e. The number of aliphatic hydroxyl groups is 2. The molecular weight excluding hydrogens is 312 g/mol. The molecule has 0 aromatic heterocycles. The van der Waals surface area contributed by atoms with Crippen LogP contribution in [-0.4, -0.2) is 49.2 Å². The molecule has 2 atom stereocenters. The van der Waals surface area contributed by atoms with Crippen molar-refractivity contribution in [2.24, 2.45) is 0 Å². The lowest BCUT2D eigenvalue weighted by molar-refractivity contribution is -0.136. The van der Waals surface area contributed by atoms with Crippen molar-refractivity contribution in [2.75, 3.05) is 26.9 Å². The maximum atomic E-state index is 11.3. The number of hydrogen-bond acceptors (Lipinski definition) is 6. The van der Waals surface area contributed by atoms with Gasteiger partial charge in [0.2, 0.25) is 0 Å². The van der Waals surface area contributed by atoms with E-state index < -0.39 is 18.2 Å². The third kappa shape index (κ3) is 6.95. The molecule has 0 aliphatic rings. The maximum absolute atomic E-state index is 11.3. The molecule has 0 bridgehead atoms. The number of carbonyl (C=O) groups excluding carboxylic acids is 1. The van der Waals surface area contributed by atoms with Crippen LogP contribution in [0.25, 0.3) is 0 Å². The van der Waals surface area contributed by atoms with Crippen LogP contribution >= 0.6 is 0 Å². The second kappa shape index (κ2) is 11.4. The van der Waals surface area contributed by atoms with E-state index in [2.05, 4.69) is 6.58 Å². The van der Waals surface area contributed by atoms with E-state index in [-0.39, 0.29) is 19.8 Å². The predicted molar refractivity (Wildman–Crippen MR) is 89.7 cm³/mol. The Hall–Kier alpha value is -2.15. The Morgan fingerprint density at radius 1 is 1.33 bits per heavy atom. The number of ether oxygens (including phenoxy) is 3. The second-order valence-electron chi connectivity index (χ2n) is 4.92. The van der Waals surface area contributed by atoms with Crippen LogP contribution in [0.15, 0.2) is 49.1 Å². The van der Waals surface area contributed by atoms with Crippen molar-refractivity contribution in [1.29, 1.82) is 0 Å². The van der Waals surface area contributed by atoms with E-state index in [9.17, 15) is 9.90 Å². The van der Waals surface area contributed by atoms with Crippen molar-refractivity contribution in [3.8, 4) is 5.75 Å². The lowest BCUT2D eigenvalue weighted by Gasteiger charge is -2.21. The van der Waals surface area contributed by atoms with Crippen LogP contribution in [0.2, 0.25) is 0 Å². The quantitative estimate of drug-likeness (QED) is 0.364. The molecule has 0 radical (unpaired) electrons. The summed E-state index contributed by atoms with van der Waals surface area (Å²) in [6, 6.07) is 6.88. The molecule has 6 nitrogen and oxygen atoms in total. The summed E-state index contributed by atoms with van der Waals surface area (Å²) in [5.74, 6) is 0.142. The molecule has 0 amide bonds. The molecule has 1 rings (SSSR count). The van der Waals surface area contributed by atoms with Gasteiger partial charge in [-0.1, -0.05) is 30.9 Å². The fraction of sp³-hybridized carbons (Fsp3) is 0.389. The maximum Gasteiger partial charge on any atom is 0.330 e. The van der Waals surface area contributed by atoms with Crippen molar-refractivity contribution in [3.63, 3.8) is 0 Å². The first-order chi connectivity index (χ1) is 11.6. The molecule has 0 saturated carbocycles. The summed E-state index contributed by atoms with van der Waals surface area (Å²) in [6.07, 6.45) is 3.38. The highest BCUT2D eigenvalue weighted by Gasteiger charge is 2.19. The molecule has 0 aliphatic carbocycles. The summed E-state index contributed by atoms with van der Waals surface area (Å²) in [4.78, 5) is 11.3. The van der Waals surface area contributed by atoms with Gasteiger partial charge < -0.3 is 24.4 Å². The van der Waals surface area contributed by atoms with Crippen LogP contribution in [0.4, 0.5) is 0 Å². The molecule has 6 heteroatoms. The molecular formula is C18H24O6. The van der Waals surface area contributed by atoms with E-state index in [0.29, 0.717) is 17.7 Å². The topological polar surface area (TPSA) is 85.2 Å². The highest BCUT2D eigenvalue weighted by Crippen LogP contribution is 2.23. The largest absolute Gasteiger partial charge is 0.491 e. The summed E-state index contributed by atoms with van der Waals surface area (Å²) in [5.41, 5.74) is 0.667. The number of methoxy groups -OCH3 is 1. The van der Waals surface area contributed by atoms with E-state index in [0.717, 1.165) is 0 Å². The lowest BCUT2D eigenvalue weighted by atomic mass is 10.0. The van der Waals surface area contributed by atoms with E-state index in [4.69, 9.17) is 19.3 Å². The van der Waals surface area contributed by atoms with Crippen molar-refractivity contribution in [2.45, 2.75) is 18.6 Å². The zero-order valence-electron chi connectivity index (χ0n) is 13.8. The van der Waals surface area contributed by atoms with Gasteiger partial charge >= 0.3 is 5.97 Å². The Bertz CT molecular complexity index is 523. The Labute approximate surface area is 142 Å². The smallest absolute Gasteiger partial charge is 0.330 e. The molecule has 0 unspecified atom stereocenters. The average Bonchev–Trinajstić information content (AvgIpc) is 2.61.